The zero-order valence-corrected chi connectivity index (χ0v) is 62.0. The Bertz CT molecular complexity index is 1910. The first-order chi connectivity index (χ1) is 44.8. The molecule has 0 aliphatic rings. The van der Waals surface area contributed by atoms with Crippen LogP contribution in [-0.4, -0.2) is 96.7 Å². The van der Waals surface area contributed by atoms with E-state index in [0.29, 0.717) is 37.5 Å². The molecule has 0 radical (unpaired) electrons. The van der Waals surface area contributed by atoms with Gasteiger partial charge in [-0.2, -0.15) is 0 Å². The molecular weight excluding hydrogens is 1220 g/mol. The van der Waals surface area contributed by atoms with Gasteiger partial charge in [0.05, 0.1) is 26.4 Å². The average Bonchev–Trinajstić information content (AvgIpc) is 1.62. The molecule has 0 aromatic carbocycles. The normalized spacial score (nSPS) is 14.6. The van der Waals surface area contributed by atoms with Crippen molar-refractivity contribution in [2.24, 2.45) is 17.8 Å². The fraction of sp³-hybridized carbons (Fsp3) is 0.892. The fourth-order valence-electron chi connectivity index (χ4n) is 10.7. The van der Waals surface area contributed by atoms with E-state index in [4.69, 9.17) is 37.0 Å². The third-order valence-corrected chi connectivity index (χ3v) is 18.8. The van der Waals surface area contributed by atoms with Crippen LogP contribution in [0, 0.1) is 17.8 Å². The molecule has 0 saturated carbocycles. The highest BCUT2D eigenvalue weighted by Gasteiger charge is 2.30. The Labute approximate surface area is 567 Å². The lowest BCUT2D eigenvalue weighted by atomic mass is 10.00. The molecule has 0 amide bonds. The lowest BCUT2D eigenvalue weighted by Crippen LogP contribution is -2.30. The van der Waals surface area contributed by atoms with Crippen molar-refractivity contribution in [3.05, 3.63) is 24.3 Å². The summed E-state index contributed by atoms with van der Waals surface area (Å²) in [7, 11) is -9.92. The highest BCUT2D eigenvalue weighted by molar-refractivity contribution is 7.47. The minimum atomic E-state index is -4.96. The van der Waals surface area contributed by atoms with Gasteiger partial charge in [0.15, 0.2) is 12.2 Å². The summed E-state index contributed by atoms with van der Waals surface area (Å²) in [5, 5.41) is 10.6. The van der Waals surface area contributed by atoms with Crippen LogP contribution in [0.25, 0.3) is 0 Å². The van der Waals surface area contributed by atoms with Crippen LogP contribution in [0.15, 0.2) is 24.3 Å². The third-order valence-electron chi connectivity index (χ3n) is 16.9. The van der Waals surface area contributed by atoms with E-state index in [1.54, 1.807) is 0 Å². The standard InChI is InChI=1S/C74H140O17P2/c1-8-10-11-12-13-14-15-16-19-23-26-29-32-41-48-55-71(76)84-61-70(91-74(79)58-51-44-37-35-40-47-54-67(7)9-2)64-89-93(82,83)87-60-68(75)59-86-92(80,81)88-63-69(62-85-72(77)56-49-42-36-34-39-46-53-66(5)6)90-73(78)57-50-43-33-30-27-24-21-18-17-20-22-25-28-31-38-45-52-65(3)4/h14-16,19,65-70,75H,8-13,17-18,20-64H2,1-7H3,(H,80,81)(H,82,83)/b15-14-,19-16-/t67?,68?,69-,70-/m1/s1. The summed E-state index contributed by atoms with van der Waals surface area (Å²) in [4.78, 5) is 72.6. The minimum absolute atomic E-state index is 0.0958. The quantitative estimate of drug-likeness (QED) is 0.0169. The number of phosphoric acid groups is 2. The van der Waals surface area contributed by atoms with Crippen molar-refractivity contribution in [1.82, 2.24) is 0 Å². The maximum atomic E-state index is 13.0. The maximum Gasteiger partial charge on any atom is 0.472 e. The number of hydrogen-bond donors (Lipinski definition) is 3. The van der Waals surface area contributed by atoms with Gasteiger partial charge in [-0.15, -0.1) is 0 Å². The summed E-state index contributed by atoms with van der Waals surface area (Å²) < 4.78 is 68.3. The second-order valence-electron chi connectivity index (χ2n) is 27.2. The van der Waals surface area contributed by atoms with Crippen LogP contribution in [0.5, 0.6) is 0 Å². The molecule has 0 aliphatic heterocycles. The minimum Gasteiger partial charge on any atom is -0.462 e. The van der Waals surface area contributed by atoms with Crippen molar-refractivity contribution in [3.63, 3.8) is 0 Å². The van der Waals surface area contributed by atoms with Crippen LogP contribution >= 0.6 is 15.6 Å². The number of allylic oxidation sites excluding steroid dienone is 4. The van der Waals surface area contributed by atoms with Gasteiger partial charge in [-0.1, -0.05) is 297 Å². The van der Waals surface area contributed by atoms with Gasteiger partial charge in [0.1, 0.15) is 19.3 Å². The van der Waals surface area contributed by atoms with Crippen LogP contribution in [0.3, 0.4) is 0 Å². The molecule has 6 atom stereocenters. The Kier molecular flexibility index (Phi) is 62.5. The molecular formula is C74H140O17P2. The van der Waals surface area contributed by atoms with E-state index in [-0.39, 0.29) is 25.7 Å². The van der Waals surface area contributed by atoms with E-state index in [1.807, 2.05) is 0 Å². The highest BCUT2D eigenvalue weighted by Crippen LogP contribution is 2.45. The molecule has 0 aromatic rings. The SMILES string of the molecule is CCCCCC/C=C\C=C/CCCCCCCC(=O)OC[C@H](COP(=O)(O)OCC(O)COP(=O)(O)OC[C@@H](COC(=O)CCCCCCCCC(C)C)OC(=O)CCCCCCCCCCCCCCCCCCC(C)C)OC(=O)CCCCCCCCC(C)CC. The van der Waals surface area contributed by atoms with Crippen LogP contribution < -0.4 is 0 Å². The topological polar surface area (TPSA) is 237 Å². The van der Waals surface area contributed by atoms with Crippen molar-refractivity contribution in [2.45, 2.75) is 369 Å². The first-order valence-corrected chi connectivity index (χ1v) is 40.7. The number of ether oxygens (including phenoxy) is 4. The zero-order chi connectivity index (χ0) is 68.7. The number of carbonyl (C=O) groups is 4. The molecule has 93 heavy (non-hydrogen) atoms. The number of aliphatic hydroxyl groups excluding tert-OH is 1. The van der Waals surface area contributed by atoms with Gasteiger partial charge in [0.2, 0.25) is 0 Å². The molecule has 0 bridgehead atoms. The summed E-state index contributed by atoms with van der Waals surface area (Å²) in [5.74, 6) is 0.0452. The first kappa shape index (κ1) is 90.5. The van der Waals surface area contributed by atoms with Crippen molar-refractivity contribution in [2.75, 3.05) is 39.6 Å². The number of unbranched alkanes of at least 4 members (excludes halogenated alkanes) is 34. The number of aliphatic hydroxyl groups is 1. The van der Waals surface area contributed by atoms with Crippen molar-refractivity contribution in [3.8, 4) is 0 Å². The van der Waals surface area contributed by atoms with E-state index in [0.717, 1.165) is 121 Å². The molecule has 4 unspecified atom stereocenters. The number of phosphoric ester groups is 2. The summed E-state index contributed by atoms with van der Waals surface area (Å²) >= 11 is 0. The lowest BCUT2D eigenvalue weighted by molar-refractivity contribution is -0.161. The van der Waals surface area contributed by atoms with Crippen LogP contribution in [0.2, 0.25) is 0 Å². The smallest absolute Gasteiger partial charge is 0.462 e. The Morgan fingerprint density at radius 1 is 0.355 bits per heavy atom. The molecule has 548 valence electrons. The van der Waals surface area contributed by atoms with Gasteiger partial charge in [-0.25, -0.2) is 9.13 Å². The van der Waals surface area contributed by atoms with Crippen LogP contribution in [-0.2, 0) is 65.4 Å². The number of esters is 4. The Morgan fingerprint density at radius 2 is 0.634 bits per heavy atom. The molecule has 0 rings (SSSR count). The van der Waals surface area contributed by atoms with E-state index in [9.17, 15) is 43.2 Å². The monoisotopic (exact) mass is 1360 g/mol. The largest absolute Gasteiger partial charge is 0.472 e. The number of carbonyl (C=O) groups excluding carboxylic acids is 4. The van der Waals surface area contributed by atoms with E-state index >= 15 is 0 Å². The Morgan fingerprint density at radius 3 is 0.957 bits per heavy atom. The molecule has 17 nitrogen and oxygen atoms in total. The second kappa shape index (κ2) is 64.2. The Balaban J connectivity index is 5.21. The molecule has 0 heterocycles. The van der Waals surface area contributed by atoms with E-state index in [1.165, 1.54) is 135 Å². The predicted octanol–water partition coefficient (Wildman–Crippen LogP) is 21.0. The predicted molar refractivity (Wildman–Crippen MR) is 377 cm³/mol. The van der Waals surface area contributed by atoms with Crippen molar-refractivity contribution in [1.29, 1.82) is 0 Å². The molecule has 3 N–H and O–H groups in total. The van der Waals surface area contributed by atoms with Crippen molar-refractivity contribution >= 4 is 39.5 Å². The number of rotatable bonds is 70. The second-order valence-corrected chi connectivity index (χ2v) is 30.1. The average molecular weight is 1360 g/mol. The molecule has 0 aromatic heterocycles. The van der Waals surface area contributed by atoms with Crippen LogP contribution in [0.4, 0.5) is 0 Å². The van der Waals surface area contributed by atoms with Gasteiger partial charge in [-0.3, -0.25) is 37.3 Å². The lowest BCUT2D eigenvalue weighted by Gasteiger charge is -2.21. The third kappa shape index (κ3) is 66.6. The zero-order valence-electron chi connectivity index (χ0n) is 60.2. The fourth-order valence-corrected chi connectivity index (χ4v) is 12.3. The number of hydrogen-bond acceptors (Lipinski definition) is 15. The molecule has 0 saturated heterocycles. The summed E-state index contributed by atoms with van der Waals surface area (Å²) in [5.41, 5.74) is 0. The van der Waals surface area contributed by atoms with Gasteiger partial charge in [0.25, 0.3) is 0 Å². The highest BCUT2D eigenvalue weighted by atomic mass is 31.2. The maximum absolute atomic E-state index is 13.0. The first-order valence-electron chi connectivity index (χ1n) is 37.7. The molecule has 0 aliphatic carbocycles. The summed E-state index contributed by atoms with van der Waals surface area (Å²) in [6.45, 7) is 11.7. The van der Waals surface area contributed by atoms with Crippen molar-refractivity contribution < 1.29 is 80.2 Å². The van der Waals surface area contributed by atoms with E-state index < -0.39 is 97.5 Å². The van der Waals surface area contributed by atoms with E-state index in [2.05, 4.69) is 72.8 Å². The molecule has 0 spiro atoms. The molecule has 0 fully saturated rings. The summed E-state index contributed by atoms with van der Waals surface area (Å²) in [6.07, 6.45) is 52.4. The van der Waals surface area contributed by atoms with Gasteiger partial charge >= 0.3 is 39.5 Å². The Hall–Kier alpha value is -2.46. The molecule has 19 heteroatoms. The van der Waals surface area contributed by atoms with Gasteiger partial charge < -0.3 is 33.8 Å². The summed E-state index contributed by atoms with van der Waals surface area (Å²) in [6, 6.07) is 0. The van der Waals surface area contributed by atoms with Gasteiger partial charge in [0, 0.05) is 25.7 Å². The van der Waals surface area contributed by atoms with Gasteiger partial charge in [-0.05, 0) is 69.1 Å². The van der Waals surface area contributed by atoms with Crippen LogP contribution in [0.1, 0.15) is 350 Å².